The molecule has 6 nitrogen and oxygen atoms in total. The van der Waals surface area contributed by atoms with E-state index in [0.717, 1.165) is 5.56 Å². The van der Waals surface area contributed by atoms with Crippen molar-refractivity contribution < 1.29 is 14.0 Å². The Bertz CT molecular complexity index is 1030. The van der Waals surface area contributed by atoms with E-state index in [0.29, 0.717) is 16.3 Å². The minimum absolute atomic E-state index is 0.0522. The Balaban J connectivity index is 1.77. The van der Waals surface area contributed by atoms with E-state index in [1.165, 1.54) is 11.2 Å². The maximum absolute atomic E-state index is 13.0. The fourth-order valence-corrected chi connectivity index (χ4v) is 2.98. The number of nitriles is 1. The summed E-state index contributed by atoms with van der Waals surface area (Å²) in [5, 5.41) is 12.5. The van der Waals surface area contributed by atoms with Gasteiger partial charge in [0.2, 0.25) is 5.91 Å². The maximum atomic E-state index is 13.0. The van der Waals surface area contributed by atoms with Gasteiger partial charge < -0.3 is 14.6 Å². The van der Waals surface area contributed by atoms with Crippen molar-refractivity contribution in [3.05, 3.63) is 88.8 Å². The van der Waals surface area contributed by atoms with Gasteiger partial charge in [-0.2, -0.15) is 5.26 Å². The van der Waals surface area contributed by atoms with Crippen LogP contribution in [0.1, 0.15) is 28.1 Å². The molecule has 0 unspecified atom stereocenters. The molecule has 2 amide bonds. The Labute approximate surface area is 173 Å². The summed E-state index contributed by atoms with van der Waals surface area (Å²) in [6, 6.07) is 19.5. The Kier molecular flexibility index (Phi) is 6.67. The Morgan fingerprint density at radius 1 is 1.10 bits per heavy atom. The van der Waals surface area contributed by atoms with Gasteiger partial charge in [0, 0.05) is 18.0 Å². The molecule has 0 saturated heterocycles. The number of carbonyl (C=O) groups excluding carboxylic acids is 2. The number of amides is 2. The van der Waals surface area contributed by atoms with Crippen molar-refractivity contribution in [1.82, 2.24) is 5.32 Å². The zero-order chi connectivity index (χ0) is 20.6. The fraction of sp³-hybridized carbons (Fsp3) is 0.136. The van der Waals surface area contributed by atoms with Gasteiger partial charge in [-0.1, -0.05) is 41.9 Å². The van der Waals surface area contributed by atoms with Crippen LogP contribution in [0, 0.1) is 11.3 Å². The summed E-state index contributed by atoms with van der Waals surface area (Å²) in [6.07, 6.45) is 1.46. The second-order valence-corrected chi connectivity index (χ2v) is 6.66. The number of carbonyl (C=O) groups is 2. The van der Waals surface area contributed by atoms with Crippen LogP contribution in [-0.4, -0.2) is 18.4 Å². The van der Waals surface area contributed by atoms with Crippen LogP contribution in [0.4, 0.5) is 5.69 Å². The predicted molar refractivity (Wildman–Crippen MR) is 109 cm³/mol. The molecule has 2 aromatic carbocycles. The van der Waals surface area contributed by atoms with E-state index in [2.05, 4.69) is 11.4 Å². The van der Waals surface area contributed by atoms with Crippen molar-refractivity contribution in [2.75, 3.05) is 11.4 Å². The highest BCUT2D eigenvalue weighted by atomic mass is 35.5. The third kappa shape index (κ3) is 5.24. The van der Waals surface area contributed by atoms with E-state index in [1.807, 2.05) is 30.3 Å². The Morgan fingerprint density at radius 3 is 2.59 bits per heavy atom. The highest BCUT2D eigenvalue weighted by Crippen LogP contribution is 2.26. The highest BCUT2D eigenvalue weighted by molar-refractivity contribution is 6.31. The van der Waals surface area contributed by atoms with Crippen molar-refractivity contribution in [1.29, 1.82) is 5.26 Å². The van der Waals surface area contributed by atoms with Crippen LogP contribution in [0.2, 0.25) is 5.02 Å². The Morgan fingerprint density at radius 2 is 1.90 bits per heavy atom. The lowest BCUT2D eigenvalue weighted by molar-refractivity contribution is -0.118. The van der Waals surface area contributed by atoms with Gasteiger partial charge in [0.05, 0.1) is 24.1 Å². The molecule has 0 bridgehead atoms. The van der Waals surface area contributed by atoms with Crippen LogP contribution in [0.25, 0.3) is 0 Å². The second-order valence-electron chi connectivity index (χ2n) is 6.22. The number of rotatable bonds is 7. The molecule has 0 aliphatic heterocycles. The molecule has 29 heavy (non-hydrogen) atoms. The molecule has 0 saturated carbocycles. The molecule has 1 heterocycles. The zero-order valence-corrected chi connectivity index (χ0v) is 16.2. The molecule has 0 spiro atoms. The van der Waals surface area contributed by atoms with Crippen molar-refractivity contribution in [3.8, 4) is 6.07 Å². The molecule has 0 aliphatic carbocycles. The third-order valence-electron chi connectivity index (χ3n) is 4.22. The van der Waals surface area contributed by atoms with Gasteiger partial charge in [-0.3, -0.25) is 9.59 Å². The molecular formula is C22H18ClN3O3. The normalized spacial score (nSPS) is 10.2. The first-order valence-corrected chi connectivity index (χ1v) is 9.32. The Hall–Kier alpha value is -3.56. The molecule has 0 atom stereocenters. The number of hydrogen-bond acceptors (Lipinski definition) is 4. The van der Waals surface area contributed by atoms with E-state index in [-0.39, 0.29) is 31.2 Å². The van der Waals surface area contributed by atoms with Crippen LogP contribution in [0.3, 0.4) is 0 Å². The van der Waals surface area contributed by atoms with E-state index in [4.69, 9.17) is 16.0 Å². The summed E-state index contributed by atoms with van der Waals surface area (Å²) in [5.41, 5.74) is 1.69. The lowest BCUT2D eigenvalue weighted by atomic mass is 10.1. The number of furan rings is 1. The van der Waals surface area contributed by atoms with Gasteiger partial charge in [0.15, 0.2) is 5.76 Å². The SMILES string of the molecule is N#Cc1ccc(Cl)cc1N(Cc1ccccc1)C(=O)CCNC(=O)c1ccco1. The van der Waals surface area contributed by atoms with Gasteiger partial charge in [-0.15, -0.1) is 0 Å². The molecule has 1 aromatic heterocycles. The zero-order valence-electron chi connectivity index (χ0n) is 15.5. The topological polar surface area (TPSA) is 86.3 Å². The minimum atomic E-state index is -0.391. The van der Waals surface area contributed by atoms with E-state index >= 15 is 0 Å². The van der Waals surface area contributed by atoms with Crippen LogP contribution in [0.15, 0.2) is 71.3 Å². The lowest BCUT2D eigenvalue weighted by Gasteiger charge is -2.24. The monoisotopic (exact) mass is 407 g/mol. The van der Waals surface area contributed by atoms with Gasteiger partial charge >= 0.3 is 0 Å². The first-order chi connectivity index (χ1) is 14.1. The summed E-state index contributed by atoms with van der Waals surface area (Å²) in [4.78, 5) is 26.5. The van der Waals surface area contributed by atoms with E-state index < -0.39 is 5.91 Å². The van der Waals surface area contributed by atoms with Crippen LogP contribution < -0.4 is 10.2 Å². The maximum Gasteiger partial charge on any atom is 0.286 e. The number of nitrogens with one attached hydrogen (secondary N) is 1. The van der Waals surface area contributed by atoms with Crippen LogP contribution in [0.5, 0.6) is 0 Å². The van der Waals surface area contributed by atoms with Crippen molar-refractivity contribution >= 4 is 29.1 Å². The average Bonchev–Trinajstić information content (AvgIpc) is 3.27. The van der Waals surface area contributed by atoms with Crippen molar-refractivity contribution in [2.45, 2.75) is 13.0 Å². The lowest BCUT2D eigenvalue weighted by Crippen LogP contribution is -2.34. The van der Waals surface area contributed by atoms with Gasteiger partial charge in [0.25, 0.3) is 5.91 Å². The number of hydrogen-bond donors (Lipinski definition) is 1. The molecule has 0 fully saturated rings. The van der Waals surface area contributed by atoms with Crippen LogP contribution >= 0.6 is 11.6 Å². The van der Waals surface area contributed by atoms with Gasteiger partial charge in [-0.25, -0.2) is 0 Å². The number of benzene rings is 2. The standard InChI is InChI=1S/C22H18ClN3O3/c23-18-9-8-17(14-24)19(13-18)26(15-16-5-2-1-3-6-16)21(27)10-11-25-22(28)20-7-4-12-29-20/h1-9,12-13H,10-11,15H2,(H,25,28). The molecule has 7 heteroatoms. The second kappa shape index (κ2) is 9.58. The third-order valence-corrected chi connectivity index (χ3v) is 4.46. The summed E-state index contributed by atoms with van der Waals surface area (Å²) in [6.45, 7) is 0.410. The minimum Gasteiger partial charge on any atom is -0.459 e. The van der Waals surface area contributed by atoms with Gasteiger partial charge in [-0.05, 0) is 35.9 Å². The first-order valence-electron chi connectivity index (χ1n) is 8.94. The fourth-order valence-electron chi connectivity index (χ4n) is 2.81. The van der Waals surface area contributed by atoms with Crippen molar-refractivity contribution in [2.24, 2.45) is 0 Å². The van der Waals surface area contributed by atoms with Gasteiger partial charge in [0.1, 0.15) is 6.07 Å². The molecule has 0 radical (unpaired) electrons. The molecular weight excluding hydrogens is 390 g/mol. The highest BCUT2D eigenvalue weighted by Gasteiger charge is 2.20. The quantitative estimate of drug-likeness (QED) is 0.637. The van der Waals surface area contributed by atoms with E-state index in [9.17, 15) is 14.9 Å². The van der Waals surface area contributed by atoms with E-state index in [1.54, 1.807) is 30.3 Å². The molecule has 146 valence electrons. The molecule has 3 rings (SSSR count). The smallest absolute Gasteiger partial charge is 0.286 e. The summed E-state index contributed by atoms with van der Waals surface area (Å²) in [5.74, 6) is -0.453. The number of halogens is 1. The number of anilines is 1. The first kappa shape index (κ1) is 20.2. The summed E-state index contributed by atoms with van der Waals surface area (Å²) >= 11 is 6.11. The molecule has 0 aliphatic rings. The predicted octanol–water partition coefficient (Wildman–Crippen LogP) is 4.16. The van der Waals surface area contributed by atoms with Crippen LogP contribution in [-0.2, 0) is 11.3 Å². The molecule has 3 aromatic rings. The molecule has 1 N–H and O–H groups in total. The van der Waals surface area contributed by atoms with Crippen molar-refractivity contribution in [3.63, 3.8) is 0 Å². The average molecular weight is 408 g/mol. The summed E-state index contributed by atoms with van der Waals surface area (Å²) in [7, 11) is 0. The summed E-state index contributed by atoms with van der Waals surface area (Å²) < 4.78 is 5.03. The number of nitrogens with zero attached hydrogens (tertiary/aromatic N) is 2. The largest absolute Gasteiger partial charge is 0.459 e.